The number of allylic oxidation sites excluding steroid dienone is 4. The molecule has 0 amide bonds. The van der Waals surface area contributed by atoms with Crippen molar-refractivity contribution < 1.29 is 4.39 Å². The molecule has 0 saturated heterocycles. The summed E-state index contributed by atoms with van der Waals surface area (Å²) in [7, 11) is 0. The van der Waals surface area contributed by atoms with Crippen LogP contribution in [0.4, 0.5) is 4.39 Å². The number of benzene rings is 1. The number of halogens is 1. The minimum atomic E-state index is -0.0451. The van der Waals surface area contributed by atoms with E-state index >= 15 is 0 Å². The minimum Gasteiger partial charge on any atom is -0.206 e. The first-order valence-corrected chi connectivity index (χ1v) is 7.47. The van der Waals surface area contributed by atoms with Crippen LogP contribution < -0.4 is 0 Å². The van der Waals surface area contributed by atoms with E-state index in [0.717, 1.165) is 30.2 Å². The van der Waals surface area contributed by atoms with E-state index in [2.05, 4.69) is 19.1 Å². The van der Waals surface area contributed by atoms with Gasteiger partial charge in [-0.15, -0.1) is 0 Å². The maximum absolute atomic E-state index is 14.1. The summed E-state index contributed by atoms with van der Waals surface area (Å²) in [6.45, 7) is 2.22. The highest BCUT2D eigenvalue weighted by molar-refractivity contribution is 5.79. The summed E-state index contributed by atoms with van der Waals surface area (Å²) in [6.07, 6.45) is 8.37. The van der Waals surface area contributed by atoms with Gasteiger partial charge in [-0.25, -0.2) is 4.39 Å². The number of hydrogen-bond acceptors (Lipinski definition) is 0. The standard InChI is InChI=1S/C18H19F/c1-2-5-14-16-11-8-9-12(10-11)17(16)18(14)13-6-3-4-7-15(13)19/h3-4,6-9,11-12,16-17H,2,5,10H2,1H3. The largest absolute Gasteiger partial charge is 0.206 e. The Morgan fingerprint density at radius 3 is 2.58 bits per heavy atom. The molecule has 1 aromatic rings. The van der Waals surface area contributed by atoms with Crippen LogP contribution in [0.5, 0.6) is 0 Å². The lowest BCUT2D eigenvalue weighted by Gasteiger charge is -2.44. The van der Waals surface area contributed by atoms with Crippen molar-refractivity contribution in [1.82, 2.24) is 0 Å². The van der Waals surface area contributed by atoms with Crippen molar-refractivity contribution in [2.24, 2.45) is 23.7 Å². The van der Waals surface area contributed by atoms with Crippen molar-refractivity contribution in [2.75, 3.05) is 0 Å². The second-order valence-electron chi connectivity index (χ2n) is 6.17. The molecular formula is C18H19F. The van der Waals surface area contributed by atoms with Gasteiger partial charge in [0, 0.05) is 5.56 Å². The average molecular weight is 254 g/mol. The van der Waals surface area contributed by atoms with Crippen LogP contribution in [0.1, 0.15) is 31.7 Å². The Kier molecular flexibility index (Phi) is 2.45. The molecule has 0 N–H and O–H groups in total. The molecule has 0 nitrogen and oxygen atoms in total. The molecule has 4 rings (SSSR count). The van der Waals surface area contributed by atoms with E-state index in [1.165, 1.54) is 12.0 Å². The molecule has 98 valence electrons. The summed E-state index contributed by atoms with van der Waals surface area (Å²) in [5.41, 5.74) is 3.77. The Balaban J connectivity index is 1.81. The first kappa shape index (κ1) is 11.5. The third-order valence-corrected chi connectivity index (χ3v) is 5.22. The predicted octanol–water partition coefficient (Wildman–Crippen LogP) is 4.83. The molecule has 0 heterocycles. The molecule has 0 radical (unpaired) electrons. The van der Waals surface area contributed by atoms with Crippen LogP contribution in [-0.2, 0) is 0 Å². The average Bonchev–Trinajstić information content (AvgIpc) is 2.96. The van der Waals surface area contributed by atoms with Gasteiger partial charge in [-0.2, -0.15) is 0 Å². The van der Waals surface area contributed by atoms with Gasteiger partial charge in [0.25, 0.3) is 0 Å². The summed E-state index contributed by atoms with van der Waals surface area (Å²) in [4.78, 5) is 0. The van der Waals surface area contributed by atoms with Crippen molar-refractivity contribution >= 4 is 5.57 Å². The fraction of sp³-hybridized carbons (Fsp3) is 0.444. The maximum atomic E-state index is 14.1. The molecule has 0 aliphatic heterocycles. The lowest BCUT2D eigenvalue weighted by Crippen LogP contribution is -2.33. The number of hydrogen-bond donors (Lipinski definition) is 0. The maximum Gasteiger partial charge on any atom is 0.130 e. The SMILES string of the molecule is CCCC1=C(c2ccccc2F)C2C3C=CC(C3)C12. The van der Waals surface area contributed by atoms with Crippen molar-refractivity contribution in [3.05, 3.63) is 53.4 Å². The Labute approximate surface area is 114 Å². The van der Waals surface area contributed by atoms with Gasteiger partial charge < -0.3 is 0 Å². The molecule has 4 unspecified atom stereocenters. The predicted molar refractivity (Wildman–Crippen MR) is 75.9 cm³/mol. The Bertz CT molecular complexity index is 581. The van der Waals surface area contributed by atoms with E-state index in [1.54, 1.807) is 17.7 Å². The van der Waals surface area contributed by atoms with Gasteiger partial charge >= 0.3 is 0 Å². The summed E-state index contributed by atoms with van der Waals surface area (Å²) in [5.74, 6) is 2.70. The van der Waals surface area contributed by atoms with Gasteiger partial charge in [-0.05, 0) is 48.2 Å². The van der Waals surface area contributed by atoms with Gasteiger partial charge in [0.05, 0.1) is 0 Å². The third-order valence-electron chi connectivity index (χ3n) is 5.22. The molecule has 4 atom stereocenters. The van der Waals surface area contributed by atoms with E-state index < -0.39 is 0 Å². The first-order chi connectivity index (χ1) is 9.31. The zero-order chi connectivity index (χ0) is 13.0. The van der Waals surface area contributed by atoms with Crippen LogP contribution in [0.2, 0.25) is 0 Å². The van der Waals surface area contributed by atoms with E-state index in [1.807, 2.05) is 12.1 Å². The van der Waals surface area contributed by atoms with Crippen LogP contribution >= 0.6 is 0 Å². The van der Waals surface area contributed by atoms with Crippen molar-refractivity contribution in [1.29, 1.82) is 0 Å². The number of fused-ring (bicyclic) bond motifs is 5. The van der Waals surface area contributed by atoms with Gasteiger partial charge in [0.1, 0.15) is 5.82 Å². The molecule has 19 heavy (non-hydrogen) atoms. The summed E-state index contributed by atoms with van der Waals surface area (Å²) >= 11 is 0. The van der Waals surface area contributed by atoms with Crippen LogP contribution in [0, 0.1) is 29.5 Å². The fourth-order valence-corrected chi connectivity index (χ4v) is 4.59. The second kappa shape index (κ2) is 4.06. The quantitative estimate of drug-likeness (QED) is 0.678. The first-order valence-electron chi connectivity index (χ1n) is 7.47. The van der Waals surface area contributed by atoms with Crippen LogP contribution in [0.25, 0.3) is 5.57 Å². The van der Waals surface area contributed by atoms with Crippen LogP contribution in [-0.4, -0.2) is 0 Å². The minimum absolute atomic E-state index is 0.0451. The fourth-order valence-electron chi connectivity index (χ4n) is 4.59. The Morgan fingerprint density at radius 1 is 1.11 bits per heavy atom. The van der Waals surface area contributed by atoms with E-state index in [9.17, 15) is 4.39 Å². The smallest absolute Gasteiger partial charge is 0.130 e. The van der Waals surface area contributed by atoms with Crippen LogP contribution in [0.3, 0.4) is 0 Å². The molecule has 1 heteroatoms. The lowest BCUT2D eigenvalue weighted by atomic mass is 9.60. The highest BCUT2D eigenvalue weighted by Gasteiger charge is 2.54. The van der Waals surface area contributed by atoms with Crippen molar-refractivity contribution in [2.45, 2.75) is 26.2 Å². The molecule has 1 aromatic carbocycles. The zero-order valence-electron chi connectivity index (χ0n) is 11.3. The van der Waals surface area contributed by atoms with Crippen molar-refractivity contribution in [3.63, 3.8) is 0 Å². The molecule has 3 aliphatic rings. The highest BCUT2D eigenvalue weighted by atomic mass is 19.1. The van der Waals surface area contributed by atoms with Gasteiger partial charge in [-0.1, -0.05) is 49.3 Å². The second-order valence-corrected chi connectivity index (χ2v) is 6.17. The van der Waals surface area contributed by atoms with Crippen LogP contribution in [0.15, 0.2) is 42.0 Å². The molecule has 1 fully saturated rings. The Hall–Kier alpha value is -1.37. The highest BCUT2D eigenvalue weighted by Crippen LogP contribution is 2.64. The number of rotatable bonds is 3. The molecule has 3 aliphatic carbocycles. The summed E-state index contributed by atoms with van der Waals surface area (Å²) in [5, 5.41) is 0. The molecule has 1 saturated carbocycles. The van der Waals surface area contributed by atoms with Crippen molar-refractivity contribution in [3.8, 4) is 0 Å². The van der Waals surface area contributed by atoms with Gasteiger partial charge in [0.2, 0.25) is 0 Å². The zero-order valence-corrected chi connectivity index (χ0v) is 11.3. The van der Waals surface area contributed by atoms with Gasteiger partial charge in [0.15, 0.2) is 0 Å². The van der Waals surface area contributed by atoms with Gasteiger partial charge in [-0.3, -0.25) is 0 Å². The summed E-state index contributed by atoms with van der Waals surface area (Å²) < 4.78 is 14.1. The van der Waals surface area contributed by atoms with E-state index in [0.29, 0.717) is 11.8 Å². The monoisotopic (exact) mass is 254 g/mol. The normalized spacial score (nSPS) is 34.6. The molecule has 0 aromatic heterocycles. The van der Waals surface area contributed by atoms with E-state index in [4.69, 9.17) is 0 Å². The molecular weight excluding hydrogens is 235 g/mol. The van der Waals surface area contributed by atoms with E-state index in [-0.39, 0.29) is 5.82 Å². The lowest BCUT2D eigenvalue weighted by molar-refractivity contribution is 0.375. The topological polar surface area (TPSA) is 0 Å². The molecule has 2 bridgehead atoms. The summed E-state index contributed by atoms with van der Waals surface area (Å²) in [6, 6.07) is 7.32. The molecule has 0 spiro atoms. The third kappa shape index (κ3) is 1.45. The Morgan fingerprint density at radius 2 is 1.84 bits per heavy atom.